The first kappa shape index (κ1) is 11.5. The van der Waals surface area contributed by atoms with E-state index in [1.165, 1.54) is 43.4 Å². The fraction of sp³-hybridized carbons (Fsp3) is 0.600. The van der Waals surface area contributed by atoms with Crippen molar-refractivity contribution in [2.24, 2.45) is 5.92 Å². The van der Waals surface area contributed by atoms with Crippen LogP contribution in [0.25, 0.3) is 0 Å². The monoisotopic (exact) mass is 217 g/mol. The third-order valence-electron chi connectivity index (χ3n) is 3.89. The molecule has 1 aromatic carbocycles. The van der Waals surface area contributed by atoms with Gasteiger partial charge in [-0.1, -0.05) is 37.5 Å². The predicted octanol–water partition coefficient (Wildman–Crippen LogP) is 4.38. The molecule has 1 aliphatic rings. The van der Waals surface area contributed by atoms with Crippen molar-refractivity contribution >= 4 is 5.69 Å². The Hall–Kier alpha value is -0.980. The molecule has 1 heteroatoms. The molecule has 0 radical (unpaired) electrons. The molecule has 1 nitrogen and oxygen atoms in total. The second-order valence-corrected chi connectivity index (χ2v) is 5.15. The summed E-state index contributed by atoms with van der Waals surface area (Å²) in [4.78, 5) is 0. The van der Waals surface area contributed by atoms with Gasteiger partial charge in [-0.25, -0.2) is 0 Å². The van der Waals surface area contributed by atoms with Gasteiger partial charge in [0.1, 0.15) is 0 Å². The SMILES string of the molecule is Cc1ccccc1NC(C)C1CCCCC1. The first-order chi connectivity index (χ1) is 7.77. The standard InChI is InChI=1S/C15H23N/c1-12-8-6-7-11-15(12)16-13(2)14-9-4-3-5-10-14/h6-8,11,13-14,16H,3-5,9-10H2,1-2H3. The van der Waals surface area contributed by atoms with Crippen LogP contribution in [0.15, 0.2) is 24.3 Å². The van der Waals surface area contributed by atoms with Crippen LogP contribution in [0.1, 0.15) is 44.6 Å². The summed E-state index contributed by atoms with van der Waals surface area (Å²) in [5.74, 6) is 0.869. The van der Waals surface area contributed by atoms with Crippen molar-refractivity contribution in [1.29, 1.82) is 0 Å². The molecule has 0 aliphatic heterocycles. The molecule has 1 saturated carbocycles. The topological polar surface area (TPSA) is 12.0 Å². The second-order valence-electron chi connectivity index (χ2n) is 5.15. The second kappa shape index (κ2) is 5.38. The Morgan fingerprint density at radius 3 is 2.50 bits per heavy atom. The minimum Gasteiger partial charge on any atom is -0.382 e. The van der Waals surface area contributed by atoms with E-state index in [1.807, 2.05) is 0 Å². The molecule has 1 atom stereocenters. The highest BCUT2D eigenvalue weighted by atomic mass is 14.9. The maximum Gasteiger partial charge on any atom is 0.0372 e. The Bertz CT molecular complexity index is 326. The molecule has 1 N–H and O–H groups in total. The fourth-order valence-corrected chi connectivity index (χ4v) is 2.73. The van der Waals surface area contributed by atoms with E-state index in [9.17, 15) is 0 Å². The van der Waals surface area contributed by atoms with E-state index in [0.717, 1.165) is 5.92 Å². The summed E-state index contributed by atoms with van der Waals surface area (Å²) >= 11 is 0. The van der Waals surface area contributed by atoms with Crippen molar-refractivity contribution in [2.45, 2.75) is 52.0 Å². The zero-order chi connectivity index (χ0) is 11.4. The van der Waals surface area contributed by atoms with Crippen LogP contribution in [0.3, 0.4) is 0 Å². The Balaban J connectivity index is 1.96. The van der Waals surface area contributed by atoms with Gasteiger partial charge in [-0.15, -0.1) is 0 Å². The molecule has 0 heterocycles. The molecule has 2 rings (SSSR count). The van der Waals surface area contributed by atoms with Gasteiger partial charge in [0.05, 0.1) is 0 Å². The third kappa shape index (κ3) is 2.78. The van der Waals surface area contributed by atoms with Crippen LogP contribution < -0.4 is 5.32 Å². The molecule has 1 aliphatic carbocycles. The van der Waals surface area contributed by atoms with Crippen molar-refractivity contribution in [3.8, 4) is 0 Å². The lowest BCUT2D eigenvalue weighted by Crippen LogP contribution is -2.27. The molecule has 0 saturated heterocycles. The van der Waals surface area contributed by atoms with E-state index < -0.39 is 0 Å². The fourth-order valence-electron chi connectivity index (χ4n) is 2.73. The molecular formula is C15H23N. The summed E-state index contributed by atoms with van der Waals surface area (Å²) in [5, 5.41) is 3.68. The molecule has 1 unspecified atom stereocenters. The molecule has 88 valence electrons. The Labute approximate surface area is 99.3 Å². The van der Waals surface area contributed by atoms with Gasteiger partial charge in [0.15, 0.2) is 0 Å². The van der Waals surface area contributed by atoms with Gasteiger partial charge in [0.25, 0.3) is 0 Å². The predicted molar refractivity (Wildman–Crippen MR) is 70.8 cm³/mol. The summed E-state index contributed by atoms with van der Waals surface area (Å²) in [6.45, 7) is 4.51. The van der Waals surface area contributed by atoms with Gasteiger partial charge < -0.3 is 5.32 Å². The Morgan fingerprint density at radius 1 is 1.12 bits per heavy atom. The summed E-state index contributed by atoms with van der Waals surface area (Å²) in [6.07, 6.45) is 7.09. The number of benzene rings is 1. The van der Waals surface area contributed by atoms with Crippen molar-refractivity contribution < 1.29 is 0 Å². The lowest BCUT2D eigenvalue weighted by molar-refractivity contribution is 0.328. The van der Waals surface area contributed by atoms with Gasteiger partial charge in [0, 0.05) is 11.7 Å². The van der Waals surface area contributed by atoms with Gasteiger partial charge >= 0.3 is 0 Å². The van der Waals surface area contributed by atoms with Crippen LogP contribution in [0, 0.1) is 12.8 Å². The van der Waals surface area contributed by atoms with E-state index in [0.29, 0.717) is 6.04 Å². The van der Waals surface area contributed by atoms with E-state index in [1.54, 1.807) is 0 Å². The van der Waals surface area contributed by atoms with Gasteiger partial charge in [-0.3, -0.25) is 0 Å². The molecule has 0 bridgehead atoms. The molecule has 0 amide bonds. The molecule has 1 fully saturated rings. The molecule has 16 heavy (non-hydrogen) atoms. The number of nitrogens with one attached hydrogen (secondary N) is 1. The first-order valence-electron chi connectivity index (χ1n) is 6.59. The first-order valence-corrected chi connectivity index (χ1v) is 6.59. The molecule has 1 aromatic rings. The number of para-hydroxylation sites is 1. The van der Waals surface area contributed by atoms with Crippen LogP contribution >= 0.6 is 0 Å². The number of aryl methyl sites for hydroxylation is 1. The number of hydrogen-bond acceptors (Lipinski definition) is 1. The lowest BCUT2D eigenvalue weighted by Gasteiger charge is -2.29. The van der Waals surface area contributed by atoms with Gasteiger partial charge in [-0.05, 0) is 44.2 Å². The van der Waals surface area contributed by atoms with Crippen molar-refractivity contribution in [3.63, 3.8) is 0 Å². The summed E-state index contributed by atoms with van der Waals surface area (Å²) in [5.41, 5.74) is 2.66. The smallest absolute Gasteiger partial charge is 0.0372 e. The number of hydrogen-bond donors (Lipinski definition) is 1. The van der Waals surface area contributed by atoms with Crippen molar-refractivity contribution in [1.82, 2.24) is 0 Å². The van der Waals surface area contributed by atoms with Crippen LogP contribution in [0.5, 0.6) is 0 Å². The lowest BCUT2D eigenvalue weighted by atomic mass is 9.84. The number of anilines is 1. The highest BCUT2D eigenvalue weighted by Gasteiger charge is 2.19. The summed E-state index contributed by atoms with van der Waals surface area (Å²) in [6, 6.07) is 9.20. The average molecular weight is 217 g/mol. The van der Waals surface area contributed by atoms with Crippen LogP contribution in [-0.4, -0.2) is 6.04 Å². The molecule has 0 spiro atoms. The Morgan fingerprint density at radius 2 is 1.81 bits per heavy atom. The van der Waals surface area contributed by atoms with Gasteiger partial charge in [0.2, 0.25) is 0 Å². The highest BCUT2D eigenvalue weighted by molar-refractivity contribution is 5.50. The van der Waals surface area contributed by atoms with Crippen molar-refractivity contribution in [2.75, 3.05) is 5.32 Å². The van der Waals surface area contributed by atoms with Crippen LogP contribution in [-0.2, 0) is 0 Å². The van der Waals surface area contributed by atoms with E-state index >= 15 is 0 Å². The highest BCUT2D eigenvalue weighted by Crippen LogP contribution is 2.28. The largest absolute Gasteiger partial charge is 0.382 e. The normalized spacial score (nSPS) is 19.4. The maximum atomic E-state index is 3.68. The maximum absolute atomic E-state index is 3.68. The van der Waals surface area contributed by atoms with Crippen molar-refractivity contribution in [3.05, 3.63) is 29.8 Å². The van der Waals surface area contributed by atoms with E-state index in [4.69, 9.17) is 0 Å². The average Bonchev–Trinajstić information content (AvgIpc) is 2.33. The summed E-state index contributed by atoms with van der Waals surface area (Å²) < 4.78 is 0. The Kier molecular flexibility index (Phi) is 3.87. The molecule has 0 aromatic heterocycles. The number of rotatable bonds is 3. The molecular weight excluding hydrogens is 194 g/mol. The quantitative estimate of drug-likeness (QED) is 0.792. The van der Waals surface area contributed by atoms with Gasteiger partial charge in [-0.2, -0.15) is 0 Å². The zero-order valence-electron chi connectivity index (χ0n) is 10.5. The van der Waals surface area contributed by atoms with Crippen LogP contribution in [0.2, 0.25) is 0 Å². The van der Waals surface area contributed by atoms with E-state index in [-0.39, 0.29) is 0 Å². The minimum absolute atomic E-state index is 0.612. The third-order valence-corrected chi connectivity index (χ3v) is 3.89. The zero-order valence-corrected chi connectivity index (χ0v) is 10.5. The minimum atomic E-state index is 0.612. The van der Waals surface area contributed by atoms with E-state index in [2.05, 4.69) is 43.4 Å². The summed E-state index contributed by atoms with van der Waals surface area (Å²) in [7, 11) is 0. The van der Waals surface area contributed by atoms with Crippen LogP contribution in [0.4, 0.5) is 5.69 Å².